The van der Waals surface area contributed by atoms with Crippen LogP contribution in [0.3, 0.4) is 0 Å². The van der Waals surface area contributed by atoms with Gasteiger partial charge in [-0.3, -0.25) is 0 Å². The summed E-state index contributed by atoms with van der Waals surface area (Å²) in [7, 11) is 2.00. The van der Waals surface area contributed by atoms with Gasteiger partial charge in [0.1, 0.15) is 6.61 Å². The summed E-state index contributed by atoms with van der Waals surface area (Å²) < 4.78 is 4.80. The van der Waals surface area contributed by atoms with Gasteiger partial charge in [0.15, 0.2) is 0 Å². The lowest BCUT2D eigenvalue weighted by atomic mass is 9.96. The van der Waals surface area contributed by atoms with Crippen molar-refractivity contribution in [2.45, 2.75) is 31.8 Å². The smallest absolute Gasteiger partial charge is 0.319 e. The van der Waals surface area contributed by atoms with Crippen molar-refractivity contribution in [1.29, 1.82) is 0 Å². The van der Waals surface area contributed by atoms with Crippen molar-refractivity contribution in [3.63, 3.8) is 0 Å². The van der Waals surface area contributed by atoms with Crippen LogP contribution in [0.5, 0.6) is 0 Å². The van der Waals surface area contributed by atoms with Gasteiger partial charge in [0.25, 0.3) is 0 Å². The van der Waals surface area contributed by atoms with Crippen molar-refractivity contribution >= 4 is 15.0 Å². The average molecular weight is 175 g/mol. The Balaban J connectivity index is 2.00. The monoisotopic (exact) mass is 175 g/mol. The minimum atomic E-state index is -0.272. The second-order valence-electron chi connectivity index (χ2n) is 2.83. The molecule has 3 unspecified atom stereocenters. The van der Waals surface area contributed by atoms with E-state index in [9.17, 15) is 4.79 Å². The van der Waals surface area contributed by atoms with Crippen LogP contribution in [-0.2, 0) is 4.74 Å². The fourth-order valence-electron chi connectivity index (χ4n) is 1.24. The molecule has 4 heteroatoms. The predicted molar refractivity (Wildman–Crippen MR) is 46.7 cm³/mol. The zero-order valence-electron chi connectivity index (χ0n) is 6.67. The van der Waals surface area contributed by atoms with Crippen molar-refractivity contribution < 1.29 is 9.53 Å². The van der Waals surface area contributed by atoms with E-state index in [1.54, 1.807) is 0 Å². The third-order valence-electron chi connectivity index (χ3n) is 1.96. The molecule has 0 aromatic carbocycles. The molecule has 1 heterocycles. The third-order valence-corrected chi connectivity index (χ3v) is 2.13. The maximum Gasteiger partial charge on any atom is 0.319 e. The molecular weight excluding hydrogens is 161 g/mol. The highest BCUT2D eigenvalue weighted by atomic mass is 31.0. The summed E-state index contributed by atoms with van der Waals surface area (Å²) in [6.07, 6.45) is 2.29. The molecule has 0 aliphatic carbocycles. The molecule has 1 rings (SSSR count). The first-order valence-corrected chi connectivity index (χ1v) is 4.48. The van der Waals surface area contributed by atoms with Gasteiger partial charge in [-0.15, -0.1) is 0 Å². The molecule has 3 nitrogen and oxygen atoms in total. The Hall–Kier alpha value is -0.140. The highest BCUT2D eigenvalue weighted by Crippen LogP contribution is 2.14. The van der Waals surface area contributed by atoms with E-state index in [1.807, 2.05) is 9.24 Å². The number of hydrogen-bond donors (Lipinski definition) is 1. The number of carbonyl (C=O) groups is 1. The molecule has 3 atom stereocenters. The average Bonchev–Trinajstić information content (AvgIpc) is 1.84. The van der Waals surface area contributed by atoms with Crippen LogP contribution in [0.1, 0.15) is 19.8 Å². The van der Waals surface area contributed by atoms with Crippen molar-refractivity contribution in [2.75, 3.05) is 6.61 Å². The summed E-state index contributed by atoms with van der Waals surface area (Å²) in [6, 6.07) is 1.03. The number of carbonyl (C=O) groups excluding carboxylic acids is 1. The lowest BCUT2D eigenvalue weighted by molar-refractivity contribution is 0.124. The first-order chi connectivity index (χ1) is 5.22. The van der Waals surface area contributed by atoms with Crippen LogP contribution in [0.25, 0.3) is 0 Å². The largest absolute Gasteiger partial charge is 0.461 e. The molecule has 0 aromatic rings. The van der Waals surface area contributed by atoms with Crippen molar-refractivity contribution in [3.05, 3.63) is 0 Å². The summed E-state index contributed by atoms with van der Waals surface area (Å²) in [4.78, 5) is 10.4. The summed E-state index contributed by atoms with van der Waals surface area (Å²) in [6.45, 7) is 2.66. The lowest BCUT2D eigenvalue weighted by Gasteiger charge is -2.36. The molecule has 64 valence electrons. The van der Waals surface area contributed by atoms with Gasteiger partial charge in [-0.2, -0.15) is 0 Å². The second kappa shape index (κ2) is 4.03. The van der Waals surface area contributed by atoms with Gasteiger partial charge >= 0.3 is 5.71 Å². The maximum absolute atomic E-state index is 10.4. The molecule has 0 radical (unpaired) electrons. The van der Waals surface area contributed by atoms with Crippen LogP contribution in [-0.4, -0.2) is 24.4 Å². The number of ether oxygens (including phenoxy) is 1. The minimum absolute atomic E-state index is 0.272. The van der Waals surface area contributed by atoms with Crippen LogP contribution in [0.2, 0.25) is 0 Å². The Labute approximate surface area is 69.1 Å². The Bertz CT molecular complexity index is 145. The molecule has 0 bridgehead atoms. The molecule has 1 fully saturated rings. The predicted octanol–water partition coefficient (Wildman–Crippen LogP) is 1.14. The summed E-state index contributed by atoms with van der Waals surface area (Å²) in [5.74, 6) is 0. The van der Waals surface area contributed by atoms with E-state index >= 15 is 0 Å². The first-order valence-electron chi connectivity index (χ1n) is 3.90. The summed E-state index contributed by atoms with van der Waals surface area (Å²) in [5, 5.41) is 3.30. The number of nitrogens with one attached hydrogen (secondary N) is 1. The van der Waals surface area contributed by atoms with Crippen LogP contribution in [0, 0.1) is 0 Å². The zero-order valence-corrected chi connectivity index (χ0v) is 7.82. The van der Waals surface area contributed by atoms with Gasteiger partial charge in [-0.25, -0.2) is 4.79 Å². The van der Waals surface area contributed by atoms with E-state index < -0.39 is 0 Å². The molecule has 0 aromatic heterocycles. The van der Waals surface area contributed by atoms with Crippen LogP contribution >= 0.6 is 9.24 Å². The maximum atomic E-state index is 10.4. The Morgan fingerprint density at radius 3 is 2.82 bits per heavy atom. The van der Waals surface area contributed by atoms with Crippen LogP contribution < -0.4 is 5.32 Å². The molecule has 1 N–H and O–H groups in total. The van der Waals surface area contributed by atoms with Gasteiger partial charge in [0, 0.05) is 12.1 Å². The van der Waals surface area contributed by atoms with Gasteiger partial charge in [-0.05, 0) is 22.1 Å². The first kappa shape index (κ1) is 8.95. The molecule has 1 aliphatic rings. The Morgan fingerprint density at radius 1 is 1.73 bits per heavy atom. The molecular formula is C7H14NO2P. The van der Waals surface area contributed by atoms with E-state index in [-0.39, 0.29) is 5.71 Å². The van der Waals surface area contributed by atoms with Crippen LogP contribution in [0.4, 0.5) is 4.79 Å². The van der Waals surface area contributed by atoms with E-state index in [2.05, 4.69) is 12.2 Å². The normalized spacial score (nSPS) is 29.3. The third kappa shape index (κ3) is 2.76. The molecule has 1 saturated heterocycles. The molecule has 0 spiro atoms. The van der Waals surface area contributed by atoms with Crippen LogP contribution in [0.15, 0.2) is 0 Å². The van der Waals surface area contributed by atoms with Gasteiger partial charge < -0.3 is 10.1 Å². The fraction of sp³-hybridized carbons (Fsp3) is 0.857. The molecule has 1 aliphatic heterocycles. The van der Waals surface area contributed by atoms with Crippen molar-refractivity contribution in [2.24, 2.45) is 0 Å². The molecule has 0 amide bonds. The highest BCUT2D eigenvalue weighted by Gasteiger charge is 2.26. The fourth-order valence-corrected chi connectivity index (χ4v) is 1.33. The highest BCUT2D eigenvalue weighted by molar-refractivity contribution is 7.39. The number of rotatable bonds is 3. The SMILES string of the molecule is CCC1CC(COC(=O)P)N1. The quantitative estimate of drug-likeness (QED) is 0.653. The Morgan fingerprint density at radius 2 is 2.36 bits per heavy atom. The summed E-state index contributed by atoms with van der Waals surface area (Å²) in [5.41, 5.74) is -0.272. The summed E-state index contributed by atoms with van der Waals surface area (Å²) >= 11 is 0. The van der Waals surface area contributed by atoms with Gasteiger partial charge in [0.2, 0.25) is 0 Å². The van der Waals surface area contributed by atoms with E-state index in [1.165, 1.54) is 0 Å². The Kier molecular flexibility index (Phi) is 3.28. The van der Waals surface area contributed by atoms with Gasteiger partial charge in [-0.1, -0.05) is 6.92 Å². The molecule has 11 heavy (non-hydrogen) atoms. The minimum Gasteiger partial charge on any atom is -0.461 e. The lowest BCUT2D eigenvalue weighted by Crippen LogP contribution is -2.54. The van der Waals surface area contributed by atoms with E-state index in [4.69, 9.17) is 4.74 Å². The van der Waals surface area contributed by atoms with E-state index in [0.717, 1.165) is 12.8 Å². The van der Waals surface area contributed by atoms with E-state index in [0.29, 0.717) is 18.7 Å². The second-order valence-corrected chi connectivity index (χ2v) is 3.31. The standard InChI is InChI=1S/C7H14NO2P/c1-2-5-3-6(8-5)4-10-7(9)11/h5-6,8H,2-4,11H2,1H3. The topological polar surface area (TPSA) is 38.3 Å². The molecule has 0 saturated carbocycles. The zero-order chi connectivity index (χ0) is 8.27. The van der Waals surface area contributed by atoms with Crippen molar-refractivity contribution in [1.82, 2.24) is 5.32 Å². The van der Waals surface area contributed by atoms with Crippen molar-refractivity contribution in [3.8, 4) is 0 Å². The number of hydrogen-bond acceptors (Lipinski definition) is 3. The van der Waals surface area contributed by atoms with Gasteiger partial charge in [0.05, 0.1) is 0 Å².